The lowest BCUT2D eigenvalue weighted by Crippen LogP contribution is -2.14. The monoisotopic (exact) mass is 240 g/mol. The summed E-state index contributed by atoms with van der Waals surface area (Å²) >= 11 is 0. The highest BCUT2D eigenvalue weighted by molar-refractivity contribution is 7.53. The molecule has 1 N–H and O–H groups in total. The highest BCUT2D eigenvalue weighted by Gasteiger charge is 2.25. The van der Waals surface area contributed by atoms with Crippen molar-refractivity contribution in [3.63, 3.8) is 0 Å². The Labute approximate surface area is 99.5 Å². The number of phenolic OH excluding ortho intramolecular Hbond substituents is 1. The normalized spacial score (nSPS) is 13.8. The lowest BCUT2D eigenvalue weighted by molar-refractivity contribution is 0.363. The molecule has 1 unspecified atom stereocenters. The van der Waals surface area contributed by atoms with Gasteiger partial charge in [-0.15, -0.1) is 0 Å². The van der Waals surface area contributed by atoms with Gasteiger partial charge in [-0.25, -0.2) is 0 Å². The summed E-state index contributed by atoms with van der Waals surface area (Å²) in [6.07, 6.45) is 0.951. The van der Waals surface area contributed by atoms with Gasteiger partial charge in [0.25, 0.3) is 0 Å². The van der Waals surface area contributed by atoms with Gasteiger partial charge in [-0.3, -0.25) is 0 Å². The fraction of sp³-hybridized carbons (Fsp3) is 0.538. The molecule has 0 fully saturated rings. The van der Waals surface area contributed by atoms with Crippen LogP contribution in [0.4, 0.5) is 0 Å². The van der Waals surface area contributed by atoms with E-state index in [4.69, 9.17) is 4.52 Å². The molecule has 1 rings (SSSR count). The molecule has 0 amide bonds. The van der Waals surface area contributed by atoms with Crippen molar-refractivity contribution in [2.45, 2.75) is 39.0 Å². The molecule has 2 nitrogen and oxygen atoms in total. The van der Waals surface area contributed by atoms with E-state index in [0.717, 1.165) is 12.8 Å². The van der Waals surface area contributed by atoms with Crippen LogP contribution in [0.3, 0.4) is 0 Å². The van der Waals surface area contributed by atoms with E-state index in [1.165, 1.54) is 5.56 Å². The van der Waals surface area contributed by atoms with Gasteiger partial charge in [-0.05, 0) is 24.6 Å². The quantitative estimate of drug-likeness (QED) is 0.802. The Morgan fingerprint density at radius 1 is 1.19 bits per heavy atom. The van der Waals surface area contributed by atoms with Gasteiger partial charge in [0, 0.05) is 26.1 Å². The Balaban J connectivity index is 2.72. The summed E-state index contributed by atoms with van der Waals surface area (Å²) in [5.74, 6) is 0.320. The zero-order valence-corrected chi connectivity index (χ0v) is 11.4. The first kappa shape index (κ1) is 13.5. The number of phenols is 1. The molecule has 0 radical (unpaired) electrons. The van der Waals surface area contributed by atoms with Crippen molar-refractivity contribution >= 4 is 8.15 Å². The molecule has 0 bridgehead atoms. The van der Waals surface area contributed by atoms with Gasteiger partial charge < -0.3 is 9.63 Å². The van der Waals surface area contributed by atoms with Crippen molar-refractivity contribution in [1.82, 2.24) is 0 Å². The molecule has 0 spiro atoms. The second kappa shape index (κ2) is 5.65. The van der Waals surface area contributed by atoms with Gasteiger partial charge in [0.1, 0.15) is 5.75 Å². The lowest BCUT2D eigenvalue weighted by atomic mass is 10.2. The lowest BCUT2D eigenvalue weighted by Gasteiger charge is -2.30. The van der Waals surface area contributed by atoms with Crippen LogP contribution in [0.1, 0.15) is 33.3 Å². The average Bonchev–Trinajstić information content (AvgIpc) is 2.19. The van der Waals surface area contributed by atoms with E-state index < -0.39 is 8.15 Å². The molecule has 3 heteroatoms. The van der Waals surface area contributed by atoms with Gasteiger partial charge >= 0.3 is 0 Å². The van der Waals surface area contributed by atoms with Crippen LogP contribution in [0.15, 0.2) is 24.3 Å². The van der Waals surface area contributed by atoms with Gasteiger partial charge in [0.15, 0.2) is 0 Å². The Bertz CT molecular complexity index is 314. The van der Waals surface area contributed by atoms with E-state index in [9.17, 15) is 5.11 Å². The predicted octanol–water partition coefficient (Wildman–Crippen LogP) is 4.12. The third-order valence-electron chi connectivity index (χ3n) is 2.30. The second-order valence-electron chi connectivity index (χ2n) is 4.79. The van der Waals surface area contributed by atoms with Gasteiger partial charge in [-0.1, -0.05) is 32.9 Å². The van der Waals surface area contributed by atoms with Crippen molar-refractivity contribution < 1.29 is 9.63 Å². The molecule has 1 atom stereocenters. The summed E-state index contributed by atoms with van der Waals surface area (Å²) in [7, 11) is -0.469. The van der Waals surface area contributed by atoms with E-state index in [-0.39, 0.29) is 5.16 Å². The van der Waals surface area contributed by atoms with Crippen molar-refractivity contribution in [3.8, 4) is 5.75 Å². The van der Waals surface area contributed by atoms with Crippen molar-refractivity contribution in [3.05, 3.63) is 29.8 Å². The first-order valence-electron chi connectivity index (χ1n) is 5.62. The van der Waals surface area contributed by atoms with E-state index in [1.807, 2.05) is 19.1 Å². The van der Waals surface area contributed by atoms with Crippen LogP contribution in [0, 0.1) is 0 Å². The minimum absolute atomic E-state index is 0.198. The van der Waals surface area contributed by atoms with E-state index in [1.54, 1.807) is 12.1 Å². The number of hydrogen-bond acceptors (Lipinski definition) is 2. The zero-order valence-electron chi connectivity index (χ0n) is 10.5. The molecule has 0 aliphatic heterocycles. The summed E-state index contributed by atoms with van der Waals surface area (Å²) in [5.41, 5.74) is 1.23. The Kier molecular flexibility index (Phi) is 4.76. The fourth-order valence-corrected chi connectivity index (χ4v) is 3.21. The number of rotatable bonds is 4. The summed E-state index contributed by atoms with van der Waals surface area (Å²) < 4.78 is 5.84. The molecule has 0 aromatic heterocycles. The van der Waals surface area contributed by atoms with Crippen molar-refractivity contribution in [2.24, 2.45) is 0 Å². The zero-order chi connectivity index (χ0) is 12.2. The number of aromatic hydroxyl groups is 1. The van der Waals surface area contributed by atoms with Crippen LogP contribution >= 0.6 is 8.15 Å². The standard InChI is InChI=1S/C13H21O2P/c1-5-15-16(13(2,3)4)10-11-6-8-12(14)9-7-11/h6-9,14H,5,10H2,1-4H3. The SMILES string of the molecule is CCOP(Cc1ccc(O)cc1)C(C)(C)C. The van der Waals surface area contributed by atoms with E-state index in [2.05, 4.69) is 20.8 Å². The van der Waals surface area contributed by atoms with Crippen LogP contribution in [0.2, 0.25) is 0 Å². The molecule has 90 valence electrons. The minimum Gasteiger partial charge on any atom is -0.508 e. The fourth-order valence-electron chi connectivity index (χ4n) is 1.40. The first-order chi connectivity index (χ1) is 7.43. The van der Waals surface area contributed by atoms with Gasteiger partial charge in [-0.2, -0.15) is 0 Å². The number of hydrogen-bond donors (Lipinski definition) is 1. The van der Waals surface area contributed by atoms with Crippen molar-refractivity contribution in [1.29, 1.82) is 0 Å². The number of benzene rings is 1. The molecular formula is C13H21O2P. The van der Waals surface area contributed by atoms with Crippen LogP contribution < -0.4 is 0 Å². The second-order valence-corrected chi connectivity index (χ2v) is 7.46. The van der Waals surface area contributed by atoms with Crippen LogP contribution in [-0.2, 0) is 10.7 Å². The van der Waals surface area contributed by atoms with Crippen LogP contribution in [-0.4, -0.2) is 16.9 Å². The molecule has 0 saturated heterocycles. The first-order valence-corrected chi connectivity index (χ1v) is 7.06. The Morgan fingerprint density at radius 3 is 2.19 bits per heavy atom. The van der Waals surface area contributed by atoms with Gasteiger partial charge in [0.05, 0.1) is 0 Å². The van der Waals surface area contributed by atoms with E-state index in [0.29, 0.717) is 5.75 Å². The van der Waals surface area contributed by atoms with Crippen LogP contribution in [0.5, 0.6) is 5.75 Å². The highest BCUT2D eigenvalue weighted by atomic mass is 31.1. The summed E-state index contributed by atoms with van der Waals surface area (Å²) in [6, 6.07) is 7.40. The molecule has 1 aromatic rings. The highest BCUT2D eigenvalue weighted by Crippen LogP contribution is 2.52. The molecule has 1 aromatic carbocycles. The summed E-state index contributed by atoms with van der Waals surface area (Å²) in [4.78, 5) is 0. The van der Waals surface area contributed by atoms with Crippen LogP contribution in [0.25, 0.3) is 0 Å². The third kappa shape index (κ3) is 4.11. The summed E-state index contributed by atoms with van der Waals surface area (Å²) in [5, 5.41) is 9.43. The molecule has 0 saturated carbocycles. The minimum atomic E-state index is -0.469. The smallest absolute Gasteiger partial charge is 0.115 e. The largest absolute Gasteiger partial charge is 0.508 e. The molecule has 16 heavy (non-hydrogen) atoms. The molecule has 0 aliphatic rings. The molecule has 0 aliphatic carbocycles. The molecular weight excluding hydrogens is 219 g/mol. The van der Waals surface area contributed by atoms with Crippen molar-refractivity contribution in [2.75, 3.05) is 6.61 Å². The average molecular weight is 240 g/mol. The Morgan fingerprint density at radius 2 is 1.75 bits per heavy atom. The maximum Gasteiger partial charge on any atom is 0.115 e. The topological polar surface area (TPSA) is 29.5 Å². The maximum atomic E-state index is 9.23. The molecule has 0 heterocycles. The predicted molar refractivity (Wildman–Crippen MR) is 70.1 cm³/mol. The third-order valence-corrected chi connectivity index (χ3v) is 5.01. The van der Waals surface area contributed by atoms with Gasteiger partial charge in [0.2, 0.25) is 0 Å². The van der Waals surface area contributed by atoms with E-state index >= 15 is 0 Å². The summed E-state index contributed by atoms with van der Waals surface area (Å²) in [6.45, 7) is 9.46. The Hall–Kier alpha value is -0.590. The maximum absolute atomic E-state index is 9.23.